The maximum atomic E-state index is 3.36. The third-order valence-electron chi connectivity index (χ3n) is 1.64. The molecule has 0 radical (unpaired) electrons. The first kappa shape index (κ1) is 7.98. The van der Waals surface area contributed by atoms with Crippen molar-refractivity contribution in [1.29, 1.82) is 0 Å². The van der Waals surface area contributed by atoms with Crippen LogP contribution in [0.5, 0.6) is 0 Å². The summed E-state index contributed by atoms with van der Waals surface area (Å²) < 4.78 is 0. The second-order valence-electron chi connectivity index (χ2n) is 2.55. The molecule has 60 valence electrons. The molecule has 0 unspecified atom stereocenters. The molecule has 0 aromatic carbocycles. The Morgan fingerprint density at radius 3 is 2.00 bits per heavy atom. The van der Waals surface area contributed by atoms with Gasteiger partial charge in [0.1, 0.15) is 6.29 Å². The van der Waals surface area contributed by atoms with E-state index in [2.05, 4.69) is 29.4 Å². The second-order valence-corrected chi connectivity index (χ2v) is 2.55. The van der Waals surface area contributed by atoms with Gasteiger partial charge in [0.05, 0.1) is 0 Å². The molecule has 3 nitrogen and oxygen atoms in total. The standard InChI is InChI=1S/C7H17N3/c1-3-8-7(9-4-2)10-5-6-10/h7-9H,3-6H2,1-2H3. The molecule has 1 saturated heterocycles. The van der Waals surface area contributed by atoms with E-state index in [1.807, 2.05) is 0 Å². The van der Waals surface area contributed by atoms with E-state index in [-0.39, 0.29) is 0 Å². The minimum atomic E-state index is 0.426. The zero-order valence-electron chi connectivity index (χ0n) is 6.85. The van der Waals surface area contributed by atoms with Crippen molar-refractivity contribution in [3.63, 3.8) is 0 Å². The molecule has 1 rings (SSSR count). The molecule has 0 spiro atoms. The zero-order valence-corrected chi connectivity index (χ0v) is 6.85. The molecule has 1 heterocycles. The van der Waals surface area contributed by atoms with Crippen molar-refractivity contribution in [3.05, 3.63) is 0 Å². The van der Waals surface area contributed by atoms with Crippen LogP contribution < -0.4 is 10.6 Å². The number of hydrogen-bond donors (Lipinski definition) is 2. The SMILES string of the molecule is CCNC(NCC)N1CC1. The summed E-state index contributed by atoms with van der Waals surface area (Å²) in [5, 5.41) is 6.72. The molecule has 0 aliphatic carbocycles. The highest BCUT2D eigenvalue weighted by atomic mass is 15.4. The van der Waals surface area contributed by atoms with Gasteiger partial charge < -0.3 is 0 Å². The number of rotatable bonds is 5. The van der Waals surface area contributed by atoms with Gasteiger partial charge >= 0.3 is 0 Å². The highest BCUT2D eigenvalue weighted by Gasteiger charge is 2.25. The van der Waals surface area contributed by atoms with Crippen molar-refractivity contribution in [2.45, 2.75) is 20.1 Å². The summed E-state index contributed by atoms with van der Waals surface area (Å²) in [6, 6.07) is 0. The monoisotopic (exact) mass is 143 g/mol. The Kier molecular flexibility index (Phi) is 3.12. The summed E-state index contributed by atoms with van der Waals surface area (Å²) in [7, 11) is 0. The lowest BCUT2D eigenvalue weighted by atomic mass is 10.6. The quantitative estimate of drug-likeness (QED) is 0.412. The molecular formula is C7H17N3. The molecule has 0 amide bonds. The average molecular weight is 143 g/mol. The van der Waals surface area contributed by atoms with Crippen LogP contribution >= 0.6 is 0 Å². The minimum absolute atomic E-state index is 0.426. The van der Waals surface area contributed by atoms with Crippen LogP contribution in [0.3, 0.4) is 0 Å². The Morgan fingerprint density at radius 1 is 1.20 bits per heavy atom. The summed E-state index contributed by atoms with van der Waals surface area (Å²) in [5.74, 6) is 0. The van der Waals surface area contributed by atoms with Crippen molar-refractivity contribution >= 4 is 0 Å². The van der Waals surface area contributed by atoms with Crippen LogP contribution in [0.2, 0.25) is 0 Å². The molecular weight excluding hydrogens is 126 g/mol. The number of nitrogens with one attached hydrogen (secondary N) is 2. The summed E-state index contributed by atoms with van der Waals surface area (Å²) in [6.07, 6.45) is 0.426. The topological polar surface area (TPSA) is 27.1 Å². The van der Waals surface area contributed by atoms with Crippen molar-refractivity contribution in [1.82, 2.24) is 15.5 Å². The average Bonchev–Trinajstić information content (AvgIpc) is 2.69. The number of hydrogen-bond acceptors (Lipinski definition) is 3. The Labute approximate surface area is 62.8 Å². The van der Waals surface area contributed by atoms with Gasteiger partial charge in [-0.25, -0.2) is 0 Å². The van der Waals surface area contributed by atoms with Crippen LogP contribution in [-0.4, -0.2) is 37.4 Å². The van der Waals surface area contributed by atoms with Crippen LogP contribution in [0.1, 0.15) is 13.8 Å². The van der Waals surface area contributed by atoms with Crippen molar-refractivity contribution in [2.75, 3.05) is 26.2 Å². The molecule has 1 fully saturated rings. The molecule has 10 heavy (non-hydrogen) atoms. The van der Waals surface area contributed by atoms with Gasteiger partial charge in [-0.1, -0.05) is 13.8 Å². The molecule has 3 heteroatoms. The lowest BCUT2D eigenvalue weighted by molar-refractivity contribution is 0.282. The molecule has 2 N–H and O–H groups in total. The lowest BCUT2D eigenvalue weighted by Gasteiger charge is -2.19. The summed E-state index contributed by atoms with van der Waals surface area (Å²) in [6.45, 7) is 8.82. The van der Waals surface area contributed by atoms with Gasteiger partial charge in [0.2, 0.25) is 0 Å². The van der Waals surface area contributed by atoms with E-state index in [1.165, 1.54) is 13.1 Å². The first-order valence-corrected chi connectivity index (χ1v) is 4.09. The molecule has 1 aliphatic rings. The highest BCUT2D eigenvalue weighted by molar-refractivity contribution is 4.78. The Balaban J connectivity index is 2.13. The largest absolute Gasteiger partial charge is 0.290 e. The first-order valence-electron chi connectivity index (χ1n) is 4.09. The summed E-state index contributed by atoms with van der Waals surface area (Å²) >= 11 is 0. The highest BCUT2D eigenvalue weighted by Crippen LogP contribution is 2.05. The van der Waals surface area contributed by atoms with Crippen molar-refractivity contribution in [3.8, 4) is 0 Å². The van der Waals surface area contributed by atoms with E-state index in [0.29, 0.717) is 6.29 Å². The Morgan fingerprint density at radius 2 is 1.70 bits per heavy atom. The molecule has 0 bridgehead atoms. The number of nitrogens with zero attached hydrogens (tertiary/aromatic N) is 1. The minimum Gasteiger partial charge on any atom is -0.290 e. The van der Waals surface area contributed by atoms with E-state index in [4.69, 9.17) is 0 Å². The van der Waals surface area contributed by atoms with Crippen LogP contribution in [0.25, 0.3) is 0 Å². The van der Waals surface area contributed by atoms with Gasteiger partial charge in [0.25, 0.3) is 0 Å². The fourth-order valence-electron chi connectivity index (χ4n) is 1.03. The van der Waals surface area contributed by atoms with E-state index in [9.17, 15) is 0 Å². The van der Waals surface area contributed by atoms with Crippen LogP contribution in [0.4, 0.5) is 0 Å². The smallest absolute Gasteiger partial charge is 0.114 e. The van der Waals surface area contributed by atoms with Crippen LogP contribution in [0, 0.1) is 0 Å². The second kappa shape index (κ2) is 3.91. The first-order chi connectivity index (χ1) is 4.88. The maximum absolute atomic E-state index is 3.36. The Hall–Kier alpha value is -0.120. The van der Waals surface area contributed by atoms with E-state index >= 15 is 0 Å². The normalized spacial score (nSPS) is 18.3. The third kappa shape index (κ3) is 2.25. The van der Waals surface area contributed by atoms with E-state index in [1.54, 1.807) is 0 Å². The molecule has 0 aromatic rings. The van der Waals surface area contributed by atoms with Gasteiger partial charge in [0, 0.05) is 13.1 Å². The van der Waals surface area contributed by atoms with E-state index < -0.39 is 0 Å². The summed E-state index contributed by atoms with van der Waals surface area (Å²) in [4.78, 5) is 2.37. The van der Waals surface area contributed by atoms with Crippen molar-refractivity contribution in [2.24, 2.45) is 0 Å². The van der Waals surface area contributed by atoms with Gasteiger partial charge in [-0.3, -0.25) is 15.5 Å². The zero-order chi connectivity index (χ0) is 7.40. The molecule has 0 saturated carbocycles. The van der Waals surface area contributed by atoms with Crippen molar-refractivity contribution < 1.29 is 0 Å². The lowest BCUT2D eigenvalue weighted by Crippen LogP contribution is -2.47. The maximum Gasteiger partial charge on any atom is 0.114 e. The Bertz CT molecular complexity index is 84.9. The van der Waals surface area contributed by atoms with Gasteiger partial charge in [-0.2, -0.15) is 0 Å². The molecule has 0 atom stereocenters. The third-order valence-corrected chi connectivity index (χ3v) is 1.64. The van der Waals surface area contributed by atoms with Gasteiger partial charge in [-0.15, -0.1) is 0 Å². The molecule has 1 aliphatic heterocycles. The van der Waals surface area contributed by atoms with Crippen LogP contribution in [0.15, 0.2) is 0 Å². The summed E-state index contributed by atoms with van der Waals surface area (Å²) in [5.41, 5.74) is 0. The fourth-order valence-corrected chi connectivity index (χ4v) is 1.03. The predicted molar refractivity (Wildman–Crippen MR) is 42.7 cm³/mol. The molecule has 0 aromatic heterocycles. The van der Waals surface area contributed by atoms with E-state index in [0.717, 1.165) is 13.1 Å². The van der Waals surface area contributed by atoms with Gasteiger partial charge in [0.15, 0.2) is 0 Å². The predicted octanol–water partition coefficient (Wildman–Crippen LogP) is -0.195. The van der Waals surface area contributed by atoms with Gasteiger partial charge in [-0.05, 0) is 13.1 Å². The fraction of sp³-hybridized carbons (Fsp3) is 1.00. The van der Waals surface area contributed by atoms with Crippen LogP contribution in [-0.2, 0) is 0 Å².